The van der Waals surface area contributed by atoms with E-state index in [4.69, 9.17) is 4.74 Å². The summed E-state index contributed by atoms with van der Waals surface area (Å²) in [6.45, 7) is 3.83. The molecule has 4 heterocycles. The maximum Gasteiger partial charge on any atom is 0.338 e. The van der Waals surface area contributed by atoms with Gasteiger partial charge in [-0.25, -0.2) is 9.79 Å². The van der Waals surface area contributed by atoms with E-state index in [0.717, 1.165) is 13.5 Å². The molecule has 1 atom stereocenters. The summed E-state index contributed by atoms with van der Waals surface area (Å²) in [5.41, 5.74) is 0.853. The van der Waals surface area contributed by atoms with E-state index in [9.17, 15) is 9.59 Å². The number of halogens is 1. The fourth-order valence-corrected chi connectivity index (χ4v) is 6.35. The summed E-state index contributed by atoms with van der Waals surface area (Å²) < 4.78 is 8.47. The fraction of sp³-hybridized carbons (Fsp3) is 0.211. The minimum absolute atomic E-state index is 0.152. The van der Waals surface area contributed by atoms with Gasteiger partial charge in [0, 0.05) is 9.75 Å². The Morgan fingerprint density at radius 3 is 2.82 bits per heavy atom. The van der Waals surface area contributed by atoms with Crippen LogP contribution in [0.2, 0.25) is 0 Å². The molecule has 1 unspecified atom stereocenters. The average molecular weight is 495 g/mol. The third-order valence-electron chi connectivity index (χ3n) is 4.20. The number of esters is 1. The maximum absolute atomic E-state index is 13.3. The fourth-order valence-electron chi connectivity index (χ4n) is 3.04. The first kappa shape index (κ1) is 19.5. The Labute approximate surface area is 181 Å². The molecular formula is C19H15BrN2O3S3. The van der Waals surface area contributed by atoms with Crippen LogP contribution in [0.5, 0.6) is 0 Å². The van der Waals surface area contributed by atoms with E-state index >= 15 is 0 Å². The molecule has 0 N–H and O–H groups in total. The zero-order valence-corrected chi connectivity index (χ0v) is 19.0. The number of nitrogens with zero attached hydrogens (tertiary/aromatic N) is 2. The maximum atomic E-state index is 13.3. The lowest BCUT2D eigenvalue weighted by atomic mass is 10.0. The minimum Gasteiger partial charge on any atom is -0.463 e. The highest BCUT2D eigenvalue weighted by molar-refractivity contribution is 9.11. The monoisotopic (exact) mass is 494 g/mol. The van der Waals surface area contributed by atoms with Crippen LogP contribution in [-0.4, -0.2) is 17.1 Å². The molecule has 1 aliphatic rings. The summed E-state index contributed by atoms with van der Waals surface area (Å²) in [6, 6.07) is 7.23. The van der Waals surface area contributed by atoms with E-state index in [1.54, 1.807) is 29.8 Å². The second-order valence-corrected chi connectivity index (χ2v) is 10.4. The predicted molar refractivity (Wildman–Crippen MR) is 117 cm³/mol. The van der Waals surface area contributed by atoms with Crippen molar-refractivity contribution in [1.29, 1.82) is 0 Å². The van der Waals surface area contributed by atoms with Crippen molar-refractivity contribution in [2.75, 3.05) is 6.61 Å². The largest absolute Gasteiger partial charge is 0.463 e. The van der Waals surface area contributed by atoms with Gasteiger partial charge >= 0.3 is 5.97 Å². The summed E-state index contributed by atoms with van der Waals surface area (Å²) in [4.78, 5) is 33.0. The van der Waals surface area contributed by atoms with Crippen molar-refractivity contribution >= 4 is 62.0 Å². The van der Waals surface area contributed by atoms with Gasteiger partial charge in [-0.3, -0.25) is 9.36 Å². The lowest BCUT2D eigenvalue weighted by Gasteiger charge is -2.23. The van der Waals surface area contributed by atoms with Gasteiger partial charge in [-0.15, -0.1) is 22.7 Å². The molecule has 4 rings (SSSR count). The molecule has 0 spiro atoms. The van der Waals surface area contributed by atoms with Crippen molar-refractivity contribution in [2.24, 2.45) is 4.99 Å². The molecule has 3 aromatic rings. The molecule has 0 saturated heterocycles. The van der Waals surface area contributed by atoms with E-state index in [1.165, 1.54) is 22.7 Å². The van der Waals surface area contributed by atoms with Gasteiger partial charge in [-0.2, -0.15) is 0 Å². The van der Waals surface area contributed by atoms with Gasteiger partial charge in [0.1, 0.15) is 6.04 Å². The van der Waals surface area contributed by atoms with Gasteiger partial charge in [0.05, 0.1) is 26.2 Å². The van der Waals surface area contributed by atoms with Crippen molar-refractivity contribution in [1.82, 2.24) is 4.57 Å². The summed E-state index contributed by atoms with van der Waals surface area (Å²) in [5, 5.41) is 1.94. The topological polar surface area (TPSA) is 60.7 Å². The van der Waals surface area contributed by atoms with E-state index < -0.39 is 12.0 Å². The van der Waals surface area contributed by atoms with Crippen LogP contribution in [0, 0.1) is 0 Å². The number of carbonyl (C=O) groups is 1. The van der Waals surface area contributed by atoms with Gasteiger partial charge in [-0.1, -0.05) is 17.4 Å². The van der Waals surface area contributed by atoms with Gasteiger partial charge in [-0.05, 0) is 59.4 Å². The molecular weight excluding hydrogens is 480 g/mol. The van der Waals surface area contributed by atoms with Crippen LogP contribution in [0.3, 0.4) is 0 Å². The highest BCUT2D eigenvalue weighted by atomic mass is 79.9. The number of aromatic nitrogens is 1. The lowest BCUT2D eigenvalue weighted by Crippen LogP contribution is -2.39. The number of thiophene rings is 2. The van der Waals surface area contributed by atoms with E-state index in [0.29, 0.717) is 20.6 Å². The van der Waals surface area contributed by atoms with E-state index in [1.807, 2.05) is 35.7 Å². The summed E-state index contributed by atoms with van der Waals surface area (Å²) >= 11 is 7.84. The lowest BCUT2D eigenvalue weighted by molar-refractivity contribution is -0.139. The molecule has 0 aromatic carbocycles. The first-order valence-corrected chi connectivity index (χ1v) is 11.8. The van der Waals surface area contributed by atoms with E-state index in [-0.39, 0.29) is 12.2 Å². The molecule has 144 valence electrons. The Kier molecular flexibility index (Phi) is 5.50. The molecule has 9 heteroatoms. The van der Waals surface area contributed by atoms with Crippen LogP contribution >= 0.6 is 49.9 Å². The molecule has 0 amide bonds. The molecule has 0 bridgehead atoms. The Morgan fingerprint density at radius 2 is 2.18 bits per heavy atom. The number of carbonyl (C=O) groups excluding carboxylic acids is 1. The zero-order chi connectivity index (χ0) is 19.8. The molecule has 0 saturated carbocycles. The Bertz CT molecular complexity index is 1250. The van der Waals surface area contributed by atoms with Crippen LogP contribution in [0.25, 0.3) is 6.08 Å². The Balaban J connectivity index is 1.95. The Hall–Kier alpha value is -1.81. The molecule has 3 aromatic heterocycles. The highest BCUT2D eigenvalue weighted by Crippen LogP contribution is 2.33. The molecule has 0 radical (unpaired) electrons. The molecule has 1 aliphatic heterocycles. The predicted octanol–water partition coefficient (Wildman–Crippen LogP) is 3.68. The number of rotatable bonds is 4. The van der Waals surface area contributed by atoms with Gasteiger partial charge in [0.25, 0.3) is 5.56 Å². The number of ether oxygens (including phenoxy) is 1. The number of allylic oxidation sites excluding steroid dienone is 1. The highest BCUT2D eigenvalue weighted by Gasteiger charge is 2.33. The smallest absolute Gasteiger partial charge is 0.338 e. The van der Waals surface area contributed by atoms with Gasteiger partial charge in [0.15, 0.2) is 4.80 Å². The third kappa shape index (κ3) is 3.47. The standard InChI is InChI=1S/C19H15BrN2O3S3/c1-3-25-18(24)15-10(2)21-19-22(16(15)12-5-4-8-26-12)17(23)13(28-19)9-11-6-7-14(20)27-11/h4-9,16H,3H2,1-2H3. The first-order valence-electron chi connectivity index (χ1n) is 8.48. The number of hydrogen-bond donors (Lipinski definition) is 0. The number of fused-ring (bicyclic) bond motifs is 1. The second kappa shape index (κ2) is 7.90. The molecule has 28 heavy (non-hydrogen) atoms. The van der Waals surface area contributed by atoms with Crippen molar-refractivity contribution in [2.45, 2.75) is 19.9 Å². The molecule has 0 fully saturated rings. The van der Waals surface area contributed by atoms with E-state index in [2.05, 4.69) is 20.9 Å². The van der Waals surface area contributed by atoms with Crippen LogP contribution in [0.15, 0.2) is 54.5 Å². The van der Waals surface area contributed by atoms with Crippen LogP contribution in [0.4, 0.5) is 0 Å². The molecule has 0 aliphatic carbocycles. The third-order valence-corrected chi connectivity index (χ3v) is 7.68. The summed E-state index contributed by atoms with van der Waals surface area (Å²) in [6.07, 6.45) is 1.87. The minimum atomic E-state index is -0.521. The first-order chi connectivity index (χ1) is 13.5. The quantitative estimate of drug-likeness (QED) is 0.519. The van der Waals surface area contributed by atoms with Gasteiger partial charge in [0.2, 0.25) is 0 Å². The van der Waals surface area contributed by atoms with Gasteiger partial charge < -0.3 is 4.74 Å². The van der Waals surface area contributed by atoms with Crippen LogP contribution in [0.1, 0.15) is 29.6 Å². The second-order valence-electron chi connectivity index (χ2n) is 5.96. The summed E-state index contributed by atoms with van der Waals surface area (Å²) in [5.74, 6) is -0.432. The zero-order valence-electron chi connectivity index (χ0n) is 15.0. The number of hydrogen-bond acceptors (Lipinski definition) is 7. The molecule has 5 nitrogen and oxygen atoms in total. The van der Waals surface area contributed by atoms with Crippen LogP contribution < -0.4 is 14.9 Å². The van der Waals surface area contributed by atoms with Crippen molar-refractivity contribution in [3.8, 4) is 0 Å². The van der Waals surface area contributed by atoms with Crippen molar-refractivity contribution < 1.29 is 9.53 Å². The van der Waals surface area contributed by atoms with Crippen molar-refractivity contribution in [3.63, 3.8) is 0 Å². The van der Waals surface area contributed by atoms with Crippen molar-refractivity contribution in [3.05, 3.63) is 74.1 Å². The normalized spacial score (nSPS) is 16.8. The average Bonchev–Trinajstić information content (AvgIpc) is 3.37. The summed E-state index contributed by atoms with van der Waals surface area (Å²) in [7, 11) is 0. The Morgan fingerprint density at radius 1 is 1.36 bits per heavy atom. The number of thiazole rings is 1. The SMILES string of the molecule is CCOC(=O)C1=C(C)N=c2sc(=Cc3ccc(Br)s3)c(=O)n2C1c1cccs1. The van der Waals surface area contributed by atoms with Crippen LogP contribution in [-0.2, 0) is 9.53 Å².